The molecule has 2 heterocycles. The number of fused-ring (bicyclic) bond motifs is 1. The molecule has 2 aliphatic rings. The quantitative estimate of drug-likeness (QED) is 0.742. The van der Waals surface area contributed by atoms with Crippen LogP contribution in [-0.4, -0.2) is 60.0 Å². The number of amides is 2. The summed E-state index contributed by atoms with van der Waals surface area (Å²) in [6.45, 7) is 5.70. The second-order valence-corrected chi connectivity index (χ2v) is 5.72. The van der Waals surface area contributed by atoms with E-state index in [0.29, 0.717) is 19.5 Å². The molecular weight excluding hydrogens is 232 g/mol. The van der Waals surface area contributed by atoms with Gasteiger partial charge in [-0.25, -0.2) is 0 Å². The first-order valence-corrected chi connectivity index (χ1v) is 6.58. The van der Waals surface area contributed by atoms with Gasteiger partial charge in [0.2, 0.25) is 11.8 Å². The average Bonchev–Trinajstić information content (AvgIpc) is 2.78. The zero-order chi connectivity index (χ0) is 13.3. The monoisotopic (exact) mass is 254 g/mol. The third kappa shape index (κ3) is 2.51. The fraction of sp³-hybridized carbons (Fsp3) is 0.846. The summed E-state index contributed by atoms with van der Waals surface area (Å²) in [5.41, 5.74) is -0.369. The van der Waals surface area contributed by atoms with Crippen LogP contribution >= 0.6 is 0 Å². The lowest BCUT2D eigenvalue weighted by Crippen LogP contribution is -2.48. The predicted octanol–water partition coefficient (Wildman–Crippen LogP) is 0.635. The Morgan fingerprint density at radius 1 is 1.33 bits per heavy atom. The Bertz CT molecular complexity index is 354. The van der Waals surface area contributed by atoms with Crippen molar-refractivity contribution in [2.75, 3.05) is 26.7 Å². The van der Waals surface area contributed by atoms with Gasteiger partial charge in [0.25, 0.3) is 0 Å². The van der Waals surface area contributed by atoms with Crippen LogP contribution in [0.25, 0.3) is 0 Å². The lowest BCUT2D eigenvalue weighted by atomic mass is 10.1. The van der Waals surface area contributed by atoms with Crippen LogP contribution in [-0.2, 0) is 14.3 Å². The first-order valence-electron chi connectivity index (χ1n) is 6.58. The van der Waals surface area contributed by atoms with Crippen LogP contribution in [0.4, 0.5) is 0 Å². The fourth-order valence-corrected chi connectivity index (χ4v) is 2.70. The Morgan fingerprint density at radius 2 is 2.06 bits per heavy atom. The number of ether oxygens (including phenoxy) is 1. The first-order chi connectivity index (χ1) is 8.44. The standard InChI is InChI=1S/C13H22N2O3/c1-13(2,18-3)9-14-8-6-11(16)15-7-4-5-10(15)12(14)17/h10H,4-9H2,1-3H3. The molecule has 2 saturated heterocycles. The van der Waals surface area contributed by atoms with Gasteiger partial charge in [-0.1, -0.05) is 0 Å². The third-order valence-electron chi connectivity index (χ3n) is 3.89. The molecule has 0 aromatic rings. The van der Waals surface area contributed by atoms with Gasteiger partial charge in [-0.15, -0.1) is 0 Å². The number of carbonyl (C=O) groups is 2. The third-order valence-corrected chi connectivity index (χ3v) is 3.89. The van der Waals surface area contributed by atoms with E-state index in [4.69, 9.17) is 4.74 Å². The van der Waals surface area contributed by atoms with Crippen molar-refractivity contribution in [3.63, 3.8) is 0 Å². The molecule has 2 fully saturated rings. The fourth-order valence-electron chi connectivity index (χ4n) is 2.70. The highest BCUT2D eigenvalue weighted by molar-refractivity contribution is 5.90. The van der Waals surface area contributed by atoms with E-state index in [1.54, 1.807) is 16.9 Å². The van der Waals surface area contributed by atoms with Crippen LogP contribution < -0.4 is 0 Å². The maximum absolute atomic E-state index is 12.4. The van der Waals surface area contributed by atoms with Crippen molar-refractivity contribution >= 4 is 11.8 Å². The van der Waals surface area contributed by atoms with Crippen LogP contribution in [0.1, 0.15) is 33.1 Å². The summed E-state index contributed by atoms with van der Waals surface area (Å²) in [6.07, 6.45) is 2.17. The zero-order valence-electron chi connectivity index (χ0n) is 11.4. The molecule has 0 aromatic carbocycles. The van der Waals surface area contributed by atoms with E-state index >= 15 is 0 Å². The van der Waals surface area contributed by atoms with Crippen molar-refractivity contribution in [3.05, 3.63) is 0 Å². The molecule has 2 rings (SSSR count). The molecule has 0 aromatic heterocycles. The molecule has 1 atom stereocenters. The van der Waals surface area contributed by atoms with Crippen LogP contribution in [0.3, 0.4) is 0 Å². The van der Waals surface area contributed by atoms with Gasteiger partial charge in [0.15, 0.2) is 0 Å². The first kappa shape index (κ1) is 13.3. The second-order valence-electron chi connectivity index (χ2n) is 5.72. The SMILES string of the molecule is COC(C)(C)CN1CCC(=O)N2CCCC2C1=O. The molecule has 0 saturated carbocycles. The van der Waals surface area contributed by atoms with E-state index in [-0.39, 0.29) is 23.5 Å². The number of rotatable bonds is 3. The molecule has 102 valence electrons. The van der Waals surface area contributed by atoms with Gasteiger partial charge in [0.1, 0.15) is 6.04 Å². The molecule has 0 radical (unpaired) electrons. The molecule has 0 aliphatic carbocycles. The van der Waals surface area contributed by atoms with E-state index < -0.39 is 0 Å². The van der Waals surface area contributed by atoms with Gasteiger partial charge in [-0.05, 0) is 26.7 Å². The molecule has 0 bridgehead atoms. The van der Waals surface area contributed by atoms with Crippen LogP contribution in [0.2, 0.25) is 0 Å². The normalized spacial score (nSPS) is 25.4. The van der Waals surface area contributed by atoms with Crippen LogP contribution in [0.15, 0.2) is 0 Å². The molecule has 5 nitrogen and oxygen atoms in total. The number of hydrogen-bond acceptors (Lipinski definition) is 3. The minimum Gasteiger partial charge on any atom is -0.377 e. The second kappa shape index (κ2) is 4.88. The van der Waals surface area contributed by atoms with Gasteiger partial charge in [-0.3, -0.25) is 9.59 Å². The van der Waals surface area contributed by atoms with Gasteiger partial charge >= 0.3 is 0 Å². The minimum atomic E-state index is -0.369. The molecule has 0 N–H and O–H groups in total. The Labute approximate surface area is 108 Å². The molecule has 2 aliphatic heterocycles. The molecule has 2 amide bonds. The highest BCUT2D eigenvalue weighted by atomic mass is 16.5. The minimum absolute atomic E-state index is 0.0866. The van der Waals surface area contributed by atoms with Gasteiger partial charge in [-0.2, -0.15) is 0 Å². The van der Waals surface area contributed by atoms with Crippen LogP contribution in [0.5, 0.6) is 0 Å². The summed E-state index contributed by atoms with van der Waals surface area (Å²) in [6, 6.07) is -0.229. The van der Waals surface area contributed by atoms with Crippen molar-refractivity contribution in [1.29, 1.82) is 0 Å². The maximum atomic E-state index is 12.4. The smallest absolute Gasteiger partial charge is 0.245 e. The average molecular weight is 254 g/mol. The van der Waals surface area contributed by atoms with Gasteiger partial charge < -0.3 is 14.5 Å². The maximum Gasteiger partial charge on any atom is 0.245 e. The highest BCUT2D eigenvalue weighted by Gasteiger charge is 2.40. The lowest BCUT2D eigenvalue weighted by molar-refractivity contribution is -0.141. The van der Waals surface area contributed by atoms with Crippen LogP contribution in [0, 0.1) is 0 Å². The van der Waals surface area contributed by atoms with Crippen molar-refractivity contribution < 1.29 is 14.3 Å². The molecule has 18 heavy (non-hydrogen) atoms. The molecule has 1 unspecified atom stereocenters. The molecular formula is C13H22N2O3. The van der Waals surface area contributed by atoms with E-state index in [1.165, 1.54) is 0 Å². The largest absolute Gasteiger partial charge is 0.377 e. The van der Waals surface area contributed by atoms with E-state index in [9.17, 15) is 9.59 Å². The number of hydrogen-bond donors (Lipinski definition) is 0. The number of carbonyl (C=O) groups excluding carboxylic acids is 2. The van der Waals surface area contributed by atoms with Gasteiger partial charge in [0.05, 0.1) is 5.60 Å². The van der Waals surface area contributed by atoms with Crippen molar-refractivity contribution in [2.45, 2.75) is 44.8 Å². The van der Waals surface area contributed by atoms with Gasteiger partial charge in [0, 0.05) is 33.2 Å². The summed E-state index contributed by atoms with van der Waals surface area (Å²) in [4.78, 5) is 27.9. The van der Waals surface area contributed by atoms with E-state index in [1.807, 2.05) is 13.8 Å². The summed E-state index contributed by atoms with van der Waals surface area (Å²) in [5.74, 6) is 0.201. The number of methoxy groups -OCH3 is 1. The van der Waals surface area contributed by atoms with Crippen molar-refractivity contribution in [3.8, 4) is 0 Å². The molecule has 0 spiro atoms. The summed E-state index contributed by atoms with van der Waals surface area (Å²) >= 11 is 0. The Kier molecular flexibility index (Phi) is 3.61. The topological polar surface area (TPSA) is 49.9 Å². The lowest BCUT2D eigenvalue weighted by Gasteiger charge is -2.32. The summed E-state index contributed by atoms with van der Waals surface area (Å²) in [7, 11) is 1.65. The predicted molar refractivity (Wildman–Crippen MR) is 67.0 cm³/mol. The Balaban J connectivity index is 2.13. The highest BCUT2D eigenvalue weighted by Crippen LogP contribution is 2.24. The summed E-state index contributed by atoms with van der Waals surface area (Å²) in [5, 5.41) is 0. The Hall–Kier alpha value is -1.10. The zero-order valence-corrected chi connectivity index (χ0v) is 11.4. The van der Waals surface area contributed by atoms with Crippen molar-refractivity contribution in [1.82, 2.24) is 9.80 Å². The molecule has 5 heteroatoms. The van der Waals surface area contributed by atoms with E-state index in [0.717, 1.165) is 19.4 Å². The summed E-state index contributed by atoms with van der Waals surface area (Å²) < 4.78 is 5.38. The van der Waals surface area contributed by atoms with Crippen molar-refractivity contribution in [2.24, 2.45) is 0 Å². The Morgan fingerprint density at radius 3 is 2.72 bits per heavy atom. The number of nitrogens with zero attached hydrogens (tertiary/aromatic N) is 2. The van der Waals surface area contributed by atoms with E-state index in [2.05, 4.69) is 0 Å².